The number of hydrogen-bond donors (Lipinski definition) is 2. The Morgan fingerprint density at radius 2 is 2.11 bits per heavy atom. The number of unbranched alkanes of at least 4 members (excludes halogenated alkanes) is 2. The molecule has 0 radical (unpaired) electrons. The molecule has 1 unspecified atom stereocenters. The van der Waals surface area contributed by atoms with Crippen molar-refractivity contribution in [2.45, 2.75) is 25.4 Å². The third-order valence-electron chi connectivity index (χ3n) is 2.58. The number of aliphatic hydroxyl groups is 1. The second kappa shape index (κ2) is 8.39. The van der Waals surface area contributed by atoms with Crippen molar-refractivity contribution in [1.82, 2.24) is 5.32 Å². The van der Waals surface area contributed by atoms with E-state index in [1.54, 1.807) is 18.2 Å². The van der Waals surface area contributed by atoms with Crippen molar-refractivity contribution < 1.29 is 5.11 Å². The first-order chi connectivity index (χ1) is 8.65. The minimum absolute atomic E-state index is 0.454. The van der Waals surface area contributed by atoms with Gasteiger partial charge in [-0.1, -0.05) is 23.2 Å². The molecule has 2 N–H and O–H groups in total. The summed E-state index contributed by atoms with van der Waals surface area (Å²) in [5, 5.41) is 14.3. The van der Waals surface area contributed by atoms with Crippen LogP contribution in [-0.2, 0) is 0 Å². The number of terminal acetylenes is 1. The number of nitrogens with one attached hydrogen (secondary N) is 1. The van der Waals surface area contributed by atoms with Gasteiger partial charge in [-0.2, -0.15) is 0 Å². The minimum atomic E-state index is -0.649. The number of aliphatic hydroxyl groups excluding tert-OH is 1. The lowest BCUT2D eigenvalue weighted by Gasteiger charge is -2.14. The summed E-state index contributed by atoms with van der Waals surface area (Å²) < 4.78 is 0. The van der Waals surface area contributed by atoms with Crippen molar-refractivity contribution in [1.29, 1.82) is 0 Å². The highest BCUT2D eigenvalue weighted by Gasteiger charge is 2.11. The lowest BCUT2D eigenvalue weighted by molar-refractivity contribution is 0.175. The molecule has 4 heteroatoms. The van der Waals surface area contributed by atoms with Crippen LogP contribution in [0, 0.1) is 12.3 Å². The van der Waals surface area contributed by atoms with E-state index in [2.05, 4.69) is 11.2 Å². The molecule has 1 aromatic carbocycles. The van der Waals surface area contributed by atoms with E-state index in [0.717, 1.165) is 25.8 Å². The van der Waals surface area contributed by atoms with E-state index in [9.17, 15) is 5.11 Å². The van der Waals surface area contributed by atoms with E-state index in [4.69, 9.17) is 29.6 Å². The molecular weight excluding hydrogens is 269 g/mol. The molecule has 1 atom stereocenters. The average Bonchev–Trinajstić information content (AvgIpc) is 2.36. The standard InChI is InChI=1S/C14H17Cl2NO/c1-2-3-4-5-8-17-10-14(18)12-9-11(15)6-7-13(12)16/h1,6-7,9,14,17-18H,3-5,8,10H2. The Bertz CT molecular complexity index is 415. The second-order valence-electron chi connectivity index (χ2n) is 4.05. The van der Waals surface area contributed by atoms with Crippen molar-refractivity contribution in [3.8, 4) is 12.3 Å². The van der Waals surface area contributed by atoms with Crippen LogP contribution in [0.5, 0.6) is 0 Å². The van der Waals surface area contributed by atoms with E-state index in [-0.39, 0.29) is 0 Å². The van der Waals surface area contributed by atoms with Gasteiger partial charge in [0, 0.05) is 28.6 Å². The van der Waals surface area contributed by atoms with E-state index in [0.29, 0.717) is 22.2 Å². The Morgan fingerprint density at radius 3 is 2.83 bits per heavy atom. The molecule has 0 amide bonds. The summed E-state index contributed by atoms with van der Waals surface area (Å²) in [6.45, 7) is 1.28. The highest BCUT2D eigenvalue weighted by Crippen LogP contribution is 2.25. The van der Waals surface area contributed by atoms with Gasteiger partial charge in [0.15, 0.2) is 0 Å². The Hall–Kier alpha value is -0.720. The fourth-order valence-corrected chi connectivity index (χ4v) is 2.02. The van der Waals surface area contributed by atoms with Crippen LogP contribution in [0.4, 0.5) is 0 Å². The Balaban J connectivity index is 2.34. The van der Waals surface area contributed by atoms with E-state index < -0.39 is 6.10 Å². The SMILES string of the molecule is C#CCCCCNCC(O)c1cc(Cl)ccc1Cl. The van der Waals surface area contributed by atoms with Gasteiger partial charge in [0.25, 0.3) is 0 Å². The van der Waals surface area contributed by atoms with Crippen LogP contribution in [-0.4, -0.2) is 18.2 Å². The summed E-state index contributed by atoms with van der Waals surface area (Å²) in [5.41, 5.74) is 0.653. The molecule has 0 fully saturated rings. The molecule has 98 valence electrons. The van der Waals surface area contributed by atoms with Crippen LogP contribution in [0.2, 0.25) is 10.0 Å². The van der Waals surface area contributed by atoms with Crippen LogP contribution in [0.1, 0.15) is 30.9 Å². The maximum Gasteiger partial charge on any atom is 0.0929 e. The number of hydrogen-bond acceptors (Lipinski definition) is 2. The molecule has 0 heterocycles. The van der Waals surface area contributed by atoms with Gasteiger partial charge in [0.05, 0.1) is 6.10 Å². The molecule has 0 aromatic heterocycles. The zero-order valence-electron chi connectivity index (χ0n) is 10.1. The van der Waals surface area contributed by atoms with Gasteiger partial charge in [-0.15, -0.1) is 12.3 Å². The summed E-state index contributed by atoms with van der Waals surface area (Å²) >= 11 is 11.9. The van der Waals surface area contributed by atoms with Gasteiger partial charge in [0.1, 0.15) is 0 Å². The highest BCUT2D eigenvalue weighted by atomic mass is 35.5. The van der Waals surface area contributed by atoms with Crippen LogP contribution in [0.25, 0.3) is 0 Å². The Labute approximate surface area is 118 Å². The molecule has 0 aliphatic carbocycles. The van der Waals surface area contributed by atoms with Gasteiger partial charge in [-0.3, -0.25) is 0 Å². The lowest BCUT2D eigenvalue weighted by atomic mass is 10.1. The monoisotopic (exact) mass is 285 g/mol. The third-order valence-corrected chi connectivity index (χ3v) is 3.16. The van der Waals surface area contributed by atoms with E-state index in [1.807, 2.05) is 0 Å². The van der Waals surface area contributed by atoms with Crippen molar-refractivity contribution >= 4 is 23.2 Å². The van der Waals surface area contributed by atoms with Crippen molar-refractivity contribution in [3.05, 3.63) is 33.8 Å². The molecule has 1 aromatic rings. The number of halogens is 2. The van der Waals surface area contributed by atoms with Gasteiger partial charge in [-0.05, 0) is 37.6 Å². The fraction of sp³-hybridized carbons (Fsp3) is 0.429. The summed E-state index contributed by atoms with van der Waals surface area (Å²) in [6, 6.07) is 5.08. The zero-order chi connectivity index (χ0) is 13.4. The predicted molar refractivity (Wildman–Crippen MR) is 77.0 cm³/mol. The first kappa shape index (κ1) is 15.3. The quantitative estimate of drug-likeness (QED) is 0.594. The second-order valence-corrected chi connectivity index (χ2v) is 4.89. The largest absolute Gasteiger partial charge is 0.387 e. The Kier molecular flexibility index (Phi) is 7.15. The summed E-state index contributed by atoms with van der Waals surface area (Å²) in [6.07, 6.45) is 7.31. The van der Waals surface area contributed by atoms with Crippen LogP contribution in [0.15, 0.2) is 18.2 Å². The molecule has 1 rings (SSSR count). The first-order valence-electron chi connectivity index (χ1n) is 5.92. The molecule has 2 nitrogen and oxygen atoms in total. The number of benzene rings is 1. The number of rotatable bonds is 7. The van der Waals surface area contributed by atoms with Crippen LogP contribution < -0.4 is 5.32 Å². The topological polar surface area (TPSA) is 32.3 Å². The average molecular weight is 286 g/mol. The van der Waals surface area contributed by atoms with Gasteiger partial charge < -0.3 is 10.4 Å². The van der Waals surface area contributed by atoms with Gasteiger partial charge in [-0.25, -0.2) is 0 Å². The summed E-state index contributed by atoms with van der Waals surface area (Å²) in [4.78, 5) is 0. The summed E-state index contributed by atoms with van der Waals surface area (Å²) in [5.74, 6) is 2.60. The van der Waals surface area contributed by atoms with Gasteiger partial charge in [0.2, 0.25) is 0 Å². The molecule has 0 aliphatic heterocycles. The molecule has 0 aliphatic rings. The molecule has 0 bridgehead atoms. The summed E-state index contributed by atoms with van der Waals surface area (Å²) in [7, 11) is 0. The molecule has 18 heavy (non-hydrogen) atoms. The van der Waals surface area contributed by atoms with Crippen molar-refractivity contribution in [3.63, 3.8) is 0 Å². The Morgan fingerprint density at radius 1 is 1.33 bits per heavy atom. The first-order valence-corrected chi connectivity index (χ1v) is 6.68. The van der Waals surface area contributed by atoms with Crippen LogP contribution >= 0.6 is 23.2 Å². The third kappa shape index (κ3) is 5.29. The molecule has 0 saturated carbocycles. The molecule has 0 saturated heterocycles. The van der Waals surface area contributed by atoms with Crippen molar-refractivity contribution in [2.24, 2.45) is 0 Å². The van der Waals surface area contributed by atoms with Crippen molar-refractivity contribution in [2.75, 3.05) is 13.1 Å². The normalized spacial score (nSPS) is 12.1. The van der Waals surface area contributed by atoms with E-state index in [1.165, 1.54) is 0 Å². The van der Waals surface area contributed by atoms with Gasteiger partial charge >= 0.3 is 0 Å². The van der Waals surface area contributed by atoms with Crippen LogP contribution in [0.3, 0.4) is 0 Å². The minimum Gasteiger partial charge on any atom is -0.387 e. The maximum atomic E-state index is 9.99. The highest BCUT2D eigenvalue weighted by molar-refractivity contribution is 6.33. The smallest absolute Gasteiger partial charge is 0.0929 e. The predicted octanol–water partition coefficient (Wildman–Crippen LogP) is 3.42. The van der Waals surface area contributed by atoms with E-state index >= 15 is 0 Å². The lowest BCUT2D eigenvalue weighted by Crippen LogP contribution is -2.22. The maximum absolute atomic E-state index is 9.99. The molecular formula is C14H17Cl2NO. The fourth-order valence-electron chi connectivity index (χ4n) is 1.60. The molecule has 0 spiro atoms. The zero-order valence-corrected chi connectivity index (χ0v) is 11.6.